The summed E-state index contributed by atoms with van der Waals surface area (Å²) in [6.07, 6.45) is 0. The second-order valence-electron chi connectivity index (χ2n) is 6.21. The highest BCUT2D eigenvalue weighted by Crippen LogP contribution is 2.26. The Morgan fingerprint density at radius 1 is 1.11 bits per heavy atom. The van der Waals surface area contributed by atoms with Gasteiger partial charge in [-0.15, -0.1) is 10.2 Å². The van der Waals surface area contributed by atoms with Crippen molar-refractivity contribution in [3.63, 3.8) is 0 Å². The molecule has 4 rings (SSSR count). The molecule has 0 fully saturated rings. The van der Waals surface area contributed by atoms with E-state index < -0.39 is 0 Å². The number of aromatic nitrogens is 4. The number of H-pyrrole nitrogens is 1. The third kappa shape index (κ3) is 3.89. The Hall–Kier alpha value is -2.64. The predicted molar refractivity (Wildman–Crippen MR) is 106 cm³/mol. The van der Waals surface area contributed by atoms with Gasteiger partial charge in [0.05, 0.1) is 16.7 Å². The van der Waals surface area contributed by atoms with Gasteiger partial charge in [-0.2, -0.15) is 0 Å². The van der Waals surface area contributed by atoms with E-state index in [1.54, 1.807) is 18.2 Å². The van der Waals surface area contributed by atoms with E-state index >= 15 is 0 Å². The predicted octanol–water partition coefficient (Wildman–Crippen LogP) is 4.54. The first kappa shape index (κ1) is 17.8. The summed E-state index contributed by atoms with van der Waals surface area (Å²) < 4.78 is 5.74. The van der Waals surface area contributed by atoms with Gasteiger partial charge in [0.15, 0.2) is 0 Å². The van der Waals surface area contributed by atoms with Crippen LogP contribution >= 0.6 is 23.4 Å². The average Bonchev–Trinajstić information content (AvgIpc) is 3.09. The minimum Gasteiger partial charge on any atom is -0.411 e. The molecular weight excluding hydrogens is 384 g/mol. The molecule has 6 nitrogen and oxygen atoms in total. The van der Waals surface area contributed by atoms with Crippen LogP contribution in [0.5, 0.6) is 0 Å². The van der Waals surface area contributed by atoms with E-state index in [4.69, 9.17) is 16.0 Å². The number of fused-ring (bicyclic) bond motifs is 1. The lowest BCUT2D eigenvalue weighted by atomic mass is 10.1. The van der Waals surface area contributed by atoms with Crippen molar-refractivity contribution >= 4 is 34.3 Å². The molecule has 0 aliphatic carbocycles. The van der Waals surface area contributed by atoms with Gasteiger partial charge in [-0.3, -0.25) is 4.79 Å². The van der Waals surface area contributed by atoms with Crippen LogP contribution in [0.2, 0.25) is 5.02 Å². The molecule has 0 radical (unpaired) electrons. The van der Waals surface area contributed by atoms with E-state index in [9.17, 15) is 4.79 Å². The maximum Gasteiger partial charge on any atom is 0.277 e. The number of rotatable bonds is 4. The topological polar surface area (TPSA) is 84.7 Å². The Balaban J connectivity index is 1.54. The van der Waals surface area contributed by atoms with Gasteiger partial charge in [-0.25, -0.2) is 4.98 Å². The number of thioether (sulfide) groups is 1. The van der Waals surface area contributed by atoms with Crippen LogP contribution in [-0.4, -0.2) is 20.2 Å². The minimum absolute atomic E-state index is 0.223. The average molecular weight is 399 g/mol. The number of benzene rings is 2. The van der Waals surface area contributed by atoms with E-state index in [-0.39, 0.29) is 5.56 Å². The van der Waals surface area contributed by atoms with Crippen molar-refractivity contribution in [1.29, 1.82) is 0 Å². The summed E-state index contributed by atoms with van der Waals surface area (Å²) in [5.41, 5.74) is 3.53. The molecule has 136 valence electrons. The van der Waals surface area contributed by atoms with Gasteiger partial charge in [0.25, 0.3) is 10.8 Å². The Morgan fingerprint density at radius 2 is 1.89 bits per heavy atom. The number of halogens is 1. The molecule has 0 aliphatic rings. The monoisotopic (exact) mass is 398 g/mol. The minimum atomic E-state index is -0.223. The maximum atomic E-state index is 12.2. The Bertz CT molecular complexity index is 1180. The van der Waals surface area contributed by atoms with Gasteiger partial charge in [-0.1, -0.05) is 40.6 Å². The maximum absolute atomic E-state index is 12.2. The normalized spacial score (nSPS) is 11.2. The van der Waals surface area contributed by atoms with Gasteiger partial charge >= 0.3 is 0 Å². The van der Waals surface area contributed by atoms with Crippen molar-refractivity contribution in [2.45, 2.75) is 24.8 Å². The molecule has 0 spiro atoms. The van der Waals surface area contributed by atoms with E-state index in [1.807, 2.05) is 26.0 Å². The molecule has 1 N–H and O–H groups in total. The van der Waals surface area contributed by atoms with Crippen molar-refractivity contribution < 1.29 is 4.42 Å². The van der Waals surface area contributed by atoms with Crippen molar-refractivity contribution in [2.75, 3.05) is 0 Å². The highest BCUT2D eigenvalue weighted by Gasteiger charge is 2.12. The smallest absolute Gasteiger partial charge is 0.277 e. The largest absolute Gasteiger partial charge is 0.411 e. The zero-order chi connectivity index (χ0) is 19.0. The Morgan fingerprint density at radius 3 is 2.67 bits per heavy atom. The molecule has 0 atom stereocenters. The molecule has 0 saturated heterocycles. The fourth-order valence-electron chi connectivity index (χ4n) is 2.84. The van der Waals surface area contributed by atoms with E-state index in [0.717, 1.165) is 16.7 Å². The molecule has 0 saturated carbocycles. The molecule has 2 aromatic heterocycles. The van der Waals surface area contributed by atoms with Gasteiger partial charge < -0.3 is 9.40 Å². The fraction of sp³-hybridized carbons (Fsp3) is 0.158. The summed E-state index contributed by atoms with van der Waals surface area (Å²) in [5.74, 6) is 1.41. The first-order valence-electron chi connectivity index (χ1n) is 8.21. The fourth-order valence-corrected chi connectivity index (χ4v) is 3.65. The summed E-state index contributed by atoms with van der Waals surface area (Å²) in [5, 5.41) is 9.57. The van der Waals surface area contributed by atoms with Crippen molar-refractivity contribution in [1.82, 2.24) is 20.2 Å². The number of nitrogens with one attached hydrogen (secondary N) is 1. The number of hydrogen-bond donors (Lipinski definition) is 1. The van der Waals surface area contributed by atoms with Gasteiger partial charge in [0.1, 0.15) is 5.82 Å². The Kier molecular flexibility index (Phi) is 4.72. The molecule has 0 unspecified atom stereocenters. The highest BCUT2D eigenvalue weighted by molar-refractivity contribution is 7.98. The van der Waals surface area contributed by atoms with Gasteiger partial charge in [-0.05, 0) is 44.2 Å². The number of aromatic amines is 1. The lowest BCUT2D eigenvalue weighted by molar-refractivity contribution is 0.465. The second-order valence-corrected chi connectivity index (χ2v) is 7.58. The van der Waals surface area contributed by atoms with Crippen LogP contribution in [0.25, 0.3) is 22.4 Å². The summed E-state index contributed by atoms with van der Waals surface area (Å²) in [4.78, 5) is 19.4. The van der Waals surface area contributed by atoms with Gasteiger partial charge in [0.2, 0.25) is 5.89 Å². The van der Waals surface area contributed by atoms with Crippen molar-refractivity contribution in [3.8, 4) is 11.5 Å². The molecule has 0 bridgehead atoms. The van der Waals surface area contributed by atoms with Crippen LogP contribution in [0.4, 0.5) is 0 Å². The molecule has 0 amide bonds. The summed E-state index contributed by atoms with van der Waals surface area (Å²) in [6, 6.07) is 11.1. The number of nitrogens with zero attached hydrogens (tertiary/aromatic N) is 3. The molecule has 2 aromatic carbocycles. The second kappa shape index (κ2) is 7.17. The first-order chi connectivity index (χ1) is 13.0. The molecule has 27 heavy (non-hydrogen) atoms. The third-order valence-electron chi connectivity index (χ3n) is 3.92. The molecular formula is C19H15ClN4O2S. The summed E-state index contributed by atoms with van der Waals surface area (Å²) in [7, 11) is 0. The van der Waals surface area contributed by atoms with Crippen molar-refractivity contribution in [3.05, 3.63) is 68.7 Å². The van der Waals surface area contributed by atoms with E-state index in [0.29, 0.717) is 38.6 Å². The third-order valence-corrected chi connectivity index (χ3v) is 4.99. The lowest BCUT2D eigenvalue weighted by Crippen LogP contribution is -2.11. The SMILES string of the molecule is Cc1cc(C)cc(-c2nnc(SCc3nc4ccc(Cl)cc4c(=O)[nH]3)o2)c1. The van der Waals surface area contributed by atoms with Crippen LogP contribution in [-0.2, 0) is 5.75 Å². The van der Waals surface area contributed by atoms with E-state index in [1.165, 1.54) is 11.8 Å². The van der Waals surface area contributed by atoms with Crippen LogP contribution in [0, 0.1) is 13.8 Å². The quantitative estimate of drug-likeness (QED) is 0.508. The number of hydrogen-bond acceptors (Lipinski definition) is 6. The Labute approximate surface area is 164 Å². The van der Waals surface area contributed by atoms with Crippen LogP contribution in [0.3, 0.4) is 0 Å². The summed E-state index contributed by atoms with van der Waals surface area (Å²) in [6.45, 7) is 4.05. The van der Waals surface area contributed by atoms with Gasteiger partial charge in [0, 0.05) is 10.6 Å². The summed E-state index contributed by atoms with van der Waals surface area (Å²) >= 11 is 7.25. The molecule has 8 heteroatoms. The zero-order valence-electron chi connectivity index (χ0n) is 14.6. The molecule has 4 aromatic rings. The van der Waals surface area contributed by atoms with Crippen molar-refractivity contribution in [2.24, 2.45) is 0 Å². The van der Waals surface area contributed by atoms with E-state index in [2.05, 4.69) is 26.2 Å². The lowest BCUT2D eigenvalue weighted by Gasteiger charge is -2.02. The number of aryl methyl sites for hydroxylation is 2. The van der Waals surface area contributed by atoms with Crippen LogP contribution in [0.1, 0.15) is 17.0 Å². The zero-order valence-corrected chi connectivity index (χ0v) is 16.2. The molecule has 2 heterocycles. The first-order valence-corrected chi connectivity index (χ1v) is 9.58. The van der Waals surface area contributed by atoms with Crippen LogP contribution < -0.4 is 5.56 Å². The van der Waals surface area contributed by atoms with Crippen LogP contribution in [0.15, 0.2) is 50.8 Å². The standard InChI is InChI=1S/C19H15ClN4O2S/c1-10-5-11(2)7-12(6-10)18-23-24-19(26-18)27-9-16-21-15-4-3-13(20)8-14(15)17(25)22-16/h3-8H,9H2,1-2H3,(H,21,22,25). The molecule has 0 aliphatic heterocycles. The highest BCUT2D eigenvalue weighted by atomic mass is 35.5.